The highest BCUT2D eigenvalue weighted by molar-refractivity contribution is 5.57. The van der Waals surface area contributed by atoms with Crippen LogP contribution in [-0.4, -0.2) is 25.8 Å². The van der Waals surface area contributed by atoms with Crippen LogP contribution in [0.5, 0.6) is 0 Å². The number of hydrogen-bond donors (Lipinski definition) is 1. The average molecular weight is 224 g/mol. The fourth-order valence-electron chi connectivity index (χ4n) is 2.10. The molecule has 88 valence electrons. The molecule has 0 radical (unpaired) electrons. The number of anilines is 2. The Bertz CT molecular complexity index is 350. The Morgan fingerprint density at radius 3 is 3.00 bits per heavy atom. The van der Waals surface area contributed by atoms with E-state index in [1.165, 1.54) is 12.1 Å². The molecule has 1 saturated heterocycles. The van der Waals surface area contributed by atoms with Gasteiger partial charge < -0.3 is 15.4 Å². The van der Waals surface area contributed by atoms with E-state index in [0.29, 0.717) is 24.9 Å². The van der Waals surface area contributed by atoms with Crippen LogP contribution in [0.15, 0.2) is 18.2 Å². The molecular formula is C12H17FN2O. The van der Waals surface area contributed by atoms with E-state index in [1.54, 1.807) is 0 Å². The summed E-state index contributed by atoms with van der Waals surface area (Å²) in [4.78, 5) is 2.17. The van der Waals surface area contributed by atoms with E-state index >= 15 is 0 Å². The second-order valence-corrected chi connectivity index (χ2v) is 4.07. The van der Waals surface area contributed by atoms with Gasteiger partial charge in [0.15, 0.2) is 0 Å². The molecule has 1 aromatic rings. The first-order valence-corrected chi connectivity index (χ1v) is 5.61. The van der Waals surface area contributed by atoms with Crippen LogP contribution in [-0.2, 0) is 4.74 Å². The van der Waals surface area contributed by atoms with Crippen LogP contribution in [0.4, 0.5) is 15.8 Å². The van der Waals surface area contributed by atoms with Crippen molar-refractivity contribution in [2.45, 2.75) is 19.4 Å². The van der Waals surface area contributed by atoms with Gasteiger partial charge in [-0.1, -0.05) is 6.92 Å². The first kappa shape index (κ1) is 11.2. The minimum Gasteiger partial charge on any atom is -0.399 e. The molecule has 0 saturated carbocycles. The van der Waals surface area contributed by atoms with Crippen LogP contribution >= 0.6 is 0 Å². The fraction of sp³-hybridized carbons (Fsp3) is 0.500. The van der Waals surface area contributed by atoms with Gasteiger partial charge in [-0.05, 0) is 24.6 Å². The molecule has 0 bridgehead atoms. The van der Waals surface area contributed by atoms with Gasteiger partial charge >= 0.3 is 0 Å². The van der Waals surface area contributed by atoms with Crippen molar-refractivity contribution in [3.05, 3.63) is 24.0 Å². The highest BCUT2D eigenvalue weighted by Gasteiger charge is 2.22. The van der Waals surface area contributed by atoms with E-state index in [2.05, 4.69) is 11.8 Å². The summed E-state index contributed by atoms with van der Waals surface area (Å²) in [5.41, 5.74) is 6.98. The molecular weight excluding hydrogens is 207 g/mol. The summed E-state index contributed by atoms with van der Waals surface area (Å²) >= 11 is 0. The fourth-order valence-corrected chi connectivity index (χ4v) is 2.10. The second kappa shape index (κ2) is 4.70. The van der Waals surface area contributed by atoms with Crippen molar-refractivity contribution in [2.24, 2.45) is 0 Å². The SMILES string of the molecule is CCC1COCCN1c1cc(N)cc(F)c1. The zero-order chi connectivity index (χ0) is 11.5. The van der Waals surface area contributed by atoms with Gasteiger partial charge in [-0.25, -0.2) is 4.39 Å². The minimum atomic E-state index is -0.281. The number of benzene rings is 1. The molecule has 1 unspecified atom stereocenters. The Labute approximate surface area is 95.0 Å². The van der Waals surface area contributed by atoms with Crippen molar-refractivity contribution in [1.29, 1.82) is 0 Å². The van der Waals surface area contributed by atoms with Gasteiger partial charge in [-0.2, -0.15) is 0 Å². The van der Waals surface area contributed by atoms with E-state index in [0.717, 1.165) is 18.7 Å². The number of nitrogen functional groups attached to an aromatic ring is 1. The van der Waals surface area contributed by atoms with Crippen molar-refractivity contribution in [1.82, 2.24) is 0 Å². The minimum absolute atomic E-state index is 0.281. The Balaban J connectivity index is 2.26. The van der Waals surface area contributed by atoms with Gasteiger partial charge in [-0.15, -0.1) is 0 Å². The zero-order valence-electron chi connectivity index (χ0n) is 9.45. The highest BCUT2D eigenvalue weighted by Crippen LogP contribution is 2.24. The van der Waals surface area contributed by atoms with Crippen LogP contribution < -0.4 is 10.6 Å². The number of morpholine rings is 1. The van der Waals surface area contributed by atoms with Gasteiger partial charge in [0.1, 0.15) is 5.82 Å². The summed E-state index contributed by atoms with van der Waals surface area (Å²) in [7, 11) is 0. The largest absolute Gasteiger partial charge is 0.399 e. The van der Waals surface area contributed by atoms with Crippen molar-refractivity contribution in [3.63, 3.8) is 0 Å². The van der Waals surface area contributed by atoms with Gasteiger partial charge in [0, 0.05) is 17.9 Å². The number of halogens is 1. The van der Waals surface area contributed by atoms with Crippen LogP contribution in [0.25, 0.3) is 0 Å². The number of hydrogen-bond acceptors (Lipinski definition) is 3. The molecule has 0 spiro atoms. The summed E-state index contributed by atoms with van der Waals surface area (Å²) in [6.45, 7) is 4.29. The lowest BCUT2D eigenvalue weighted by Gasteiger charge is -2.37. The van der Waals surface area contributed by atoms with Crippen molar-refractivity contribution < 1.29 is 9.13 Å². The third kappa shape index (κ3) is 2.27. The summed E-state index contributed by atoms with van der Waals surface area (Å²) < 4.78 is 18.7. The Morgan fingerprint density at radius 1 is 1.50 bits per heavy atom. The lowest BCUT2D eigenvalue weighted by atomic mass is 10.1. The molecule has 4 heteroatoms. The van der Waals surface area contributed by atoms with E-state index in [1.807, 2.05) is 6.07 Å². The summed E-state index contributed by atoms with van der Waals surface area (Å²) in [5.74, 6) is -0.281. The summed E-state index contributed by atoms with van der Waals surface area (Å²) in [6, 6.07) is 5.00. The standard InChI is InChI=1S/C12H17FN2O/c1-2-11-8-16-4-3-15(11)12-6-9(13)5-10(14)7-12/h5-7,11H,2-4,8,14H2,1H3. The van der Waals surface area contributed by atoms with Gasteiger partial charge in [0.2, 0.25) is 0 Å². The number of nitrogens with two attached hydrogens (primary N) is 1. The lowest BCUT2D eigenvalue weighted by molar-refractivity contribution is 0.0930. The number of nitrogens with zero attached hydrogens (tertiary/aromatic N) is 1. The van der Waals surface area contributed by atoms with E-state index in [9.17, 15) is 4.39 Å². The third-order valence-corrected chi connectivity index (χ3v) is 2.94. The van der Waals surface area contributed by atoms with Crippen molar-refractivity contribution in [3.8, 4) is 0 Å². The first-order valence-electron chi connectivity index (χ1n) is 5.61. The summed E-state index contributed by atoms with van der Waals surface area (Å²) in [6.07, 6.45) is 0.983. The van der Waals surface area contributed by atoms with E-state index < -0.39 is 0 Å². The molecule has 1 aromatic carbocycles. The molecule has 3 nitrogen and oxygen atoms in total. The van der Waals surface area contributed by atoms with E-state index in [-0.39, 0.29) is 5.82 Å². The molecule has 0 amide bonds. The lowest BCUT2D eigenvalue weighted by Crippen LogP contribution is -2.45. The molecule has 1 aliphatic rings. The zero-order valence-corrected chi connectivity index (χ0v) is 9.45. The predicted octanol–water partition coefficient (Wildman–Crippen LogP) is 2.02. The summed E-state index contributed by atoms with van der Waals surface area (Å²) in [5, 5.41) is 0. The molecule has 1 heterocycles. The van der Waals surface area contributed by atoms with Crippen molar-refractivity contribution >= 4 is 11.4 Å². The second-order valence-electron chi connectivity index (χ2n) is 4.07. The topological polar surface area (TPSA) is 38.5 Å². The maximum atomic E-state index is 13.3. The molecule has 2 N–H and O–H groups in total. The van der Waals surface area contributed by atoms with E-state index in [4.69, 9.17) is 10.5 Å². The molecule has 2 rings (SSSR count). The Hall–Kier alpha value is -1.29. The maximum absolute atomic E-state index is 13.3. The van der Waals surface area contributed by atoms with Crippen molar-refractivity contribution in [2.75, 3.05) is 30.4 Å². The normalized spacial score (nSPS) is 21.1. The molecule has 1 atom stereocenters. The molecule has 0 aliphatic carbocycles. The maximum Gasteiger partial charge on any atom is 0.127 e. The quantitative estimate of drug-likeness (QED) is 0.781. The first-order chi connectivity index (χ1) is 7.70. The third-order valence-electron chi connectivity index (χ3n) is 2.94. The van der Waals surface area contributed by atoms with Crippen LogP contribution in [0.1, 0.15) is 13.3 Å². The van der Waals surface area contributed by atoms with Crippen LogP contribution in [0.2, 0.25) is 0 Å². The van der Waals surface area contributed by atoms with Crippen LogP contribution in [0, 0.1) is 5.82 Å². The molecule has 1 aliphatic heterocycles. The smallest absolute Gasteiger partial charge is 0.127 e. The monoisotopic (exact) mass is 224 g/mol. The van der Waals surface area contributed by atoms with Crippen LogP contribution in [0.3, 0.4) is 0 Å². The van der Waals surface area contributed by atoms with Gasteiger partial charge in [-0.3, -0.25) is 0 Å². The number of ether oxygens (including phenoxy) is 1. The van der Waals surface area contributed by atoms with Gasteiger partial charge in [0.05, 0.1) is 19.3 Å². The molecule has 1 fully saturated rings. The number of rotatable bonds is 2. The average Bonchev–Trinajstić information content (AvgIpc) is 2.27. The Kier molecular flexibility index (Phi) is 3.29. The highest BCUT2D eigenvalue weighted by atomic mass is 19.1. The predicted molar refractivity (Wildman–Crippen MR) is 63.1 cm³/mol. The Morgan fingerprint density at radius 2 is 2.31 bits per heavy atom. The molecule has 16 heavy (non-hydrogen) atoms. The van der Waals surface area contributed by atoms with Gasteiger partial charge in [0.25, 0.3) is 0 Å². The molecule has 0 aromatic heterocycles.